The molecular formula is C10H14F2O3. The number of hydrogen-bond donors (Lipinski definition) is 1. The Balaban J connectivity index is 1.94. The first kappa shape index (κ1) is 10.8. The molecule has 1 atom stereocenters. The Morgan fingerprint density at radius 2 is 2.13 bits per heavy atom. The van der Waals surface area contributed by atoms with Crippen molar-refractivity contribution in [3.63, 3.8) is 0 Å². The van der Waals surface area contributed by atoms with Crippen molar-refractivity contribution >= 4 is 5.97 Å². The summed E-state index contributed by atoms with van der Waals surface area (Å²) in [7, 11) is 0. The van der Waals surface area contributed by atoms with Gasteiger partial charge in [0, 0.05) is 19.4 Å². The van der Waals surface area contributed by atoms with Crippen LogP contribution in [0.5, 0.6) is 0 Å². The van der Waals surface area contributed by atoms with E-state index in [9.17, 15) is 13.6 Å². The van der Waals surface area contributed by atoms with E-state index >= 15 is 0 Å². The minimum Gasteiger partial charge on any atom is -0.479 e. The lowest BCUT2D eigenvalue weighted by atomic mass is 9.74. The van der Waals surface area contributed by atoms with Crippen molar-refractivity contribution in [2.75, 3.05) is 6.61 Å². The Morgan fingerprint density at radius 3 is 2.53 bits per heavy atom. The topological polar surface area (TPSA) is 46.5 Å². The maximum Gasteiger partial charge on any atom is 0.335 e. The zero-order valence-corrected chi connectivity index (χ0v) is 8.34. The summed E-state index contributed by atoms with van der Waals surface area (Å²) in [4.78, 5) is 11.0. The normalized spacial score (nSPS) is 35.1. The van der Waals surface area contributed by atoms with E-state index in [2.05, 4.69) is 0 Å². The van der Waals surface area contributed by atoms with Crippen LogP contribution >= 0.6 is 0 Å². The molecule has 15 heavy (non-hydrogen) atoms. The standard InChI is InChI=1S/C10H14F2O3/c11-10(12)5-7(6-10)4-9(8(13)14)2-1-3-15-9/h7H,1-6H2,(H,13,14). The van der Waals surface area contributed by atoms with Gasteiger partial charge in [0.2, 0.25) is 5.92 Å². The lowest BCUT2D eigenvalue weighted by Crippen LogP contribution is -2.45. The van der Waals surface area contributed by atoms with Gasteiger partial charge in [-0.05, 0) is 25.2 Å². The van der Waals surface area contributed by atoms with E-state index in [0.29, 0.717) is 19.4 Å². The largest absolute Gasteiger partial charge is 0.479 e. The highest BCUT2D eigenvalue weighted by atomic mass is 19.3. The third kappa shape index (κ3) is 1.97. The molecular weight excluding hydrogens is 206 g/mol. The van der Waals surface area contributed by atoms with E-state index in [4.69, 9.17) is 9.84 Å². The number of carboxylic acid groups (broad SMARTS) is 1. The molecule has 2 rings (SSSR count). The smallest absolute Gasteiger partial charge is 0.335 e. The van der Waals surface area contributed by atoms with E-state index in [-0.39, 0.29) is 25.2 Å². The molecule has 1 aliphatic heterocycles. The second kappa shape index (κ2) is 3.40. The Morgan fingerprint density at radius 1 is 1.47 bits per heavy atom. The van der Waals surface area contributed by atoms with Crippen LogP contribution in [0, 0.1) is 5.92 Å². The predicted molar refractivity (Wildman–Crippen MR) is 47.8 cm³/mol. The predicted octanol–water partition coefficient (Wildman–Crippen LogP) is 2.06. The molecule has 86 valence electrons. The summed E-state index contributed by atoms with van der Waals surface area (Å²) in [5, 5.41) is 9.05. The monoisotopic (exact) mass is 220 g/mol. The van der Waals surface area contributed by atoms with Crippen molar-refractivity contribution in [2.24, 2.45) is 5.92 Å². The van der Waals surface area contributed by atoms with Crippen molar-refractivity contribution in [1.82, 2.24) is 0 Å². The first-order valence-corrected chi connectivity index (χ1v) is 5.19. The highest BCUT2D eigenvalue weighted by Crippen LogP contribution is 2.48. The average Bonchev–Trinajstić information content (AvgIpc) is 2.50. The van der Waals surface area contributed by atoms with Gasteiger partial charge in [-0.15, -0.1) is 0 Å². The van der Waals surface area contributed by atoms with Crippen LogP contribution in [0.4, 0.5) is 8.78 Å². The molecule has 2 aliphatic rings. The molecule has 1 N–H and O–H groups in total. The molecule has 1 unspecified atom stereocenters. The third-order valence-electron chi connectivity index (χ3n) is 3.29. The van der Waals surface area contributed by atoms with Crippen LogP contribution in [-0.4, -0.2) is 29.2 Å². The molecule has 1 aliphatic carbocycles. The van der Waals surface area contributed by atoms with Crippen molar-refractivity contribution in [2.45, 2.75) is 43.6 Å². The summed E-state index contributed by atoms with van der Waals surface area (Å²) in [6.45, 7) is 0.426. The molecule has 1 saturated carbocycles. The fraction of sp³-hybridized carbons (Fsp3) is 0.900. The molecule has 3 nitrogen and oxygen atoms in total. The zero-order valence-electron chi connectivity index (χ0n) is 8.34. The number of carbonyl (C=O) groups is 1. The lowest BCUT2D eigenvalue weighted by Gasteiger charge is -2.38. The van der Waals surface area contributed by atoms with Crippen LogP contribution in [-0.2, 0) is 9.53 Å². The molecule has 0 aromatic heterocycles. The van der Waals surface area contributed by atoms with Crippen molar-refractivity contribution in [1.29, 1.82) is 0 Å². The fourth-order valence-electron chi connectivity index (χ4n) is 2.51. The quantitative estimate of drug-likeness (QED) is 0.791. The number of halogens is 2. The molecule has 0 aromatic carbocycles. The second-order valence-corrected chi connectivity index (χ2v) is 4.59. The highest BCUT2D eigenvalue weighted by Gasteiger charge is 2.52. The van der Waals surface area contributed by atoms with E-state index in [1.807, 2.05) is 0 Å². The van der Waals surface area contributed by atoms with Gasteiger partial charge in [-0.3, -0.25) is 0 Å². The maximum atomic E-state index is 12.6. The molecule has 5 heteroatoms. The highest BCUT2D eigenvalue weighted by molar-refractivity contribution is 5.77. The van der Waals surface area contributed by atoms with Gasteiger partial charge in [0.15, 0.2) is 5.60 Å². The fourth-order valence-corrected chi connectivity index (χ4v) is 2.51. The molecule has 0 radical (unpaired) electrons. The van der Waals surface area contributed by atoms with Gasteiger partial charge in [-0.25, -0.2) is 13.6 Å². The molecule has 0 amide bonds. The summed E-state index contributed by atoms with van der Waals surface area (Å²) >= 11 is 0. The Bertz CT molecular complexity index is 264. The lowest BCUT2D eigenvalue weighted by molar-refractivity contribution is -0.171. The van der Waals surface area contributed by atoms with E-state index in [1.54, 1.807) is 0 Å². The van der Waals surface area contributed by atoms with Gasteiger partial charge in [-0.2, -0.15) is 0 Å². The molecule has 2 fully saturated rings. The van der Waals surface area contributed by atoms with Crippen LogP contribution in [0.25, 0.3) is 0 Å². The second-order valence-electron chi connectivity index (χ2n) is 4.59. The SMILES string of the molecule is O=C(O)C1(CC2CC(F)(F)C2)CCCO1. The Hall–Kier alpha value is -0.710. The molecule has 0 aromatic rings. The summed E-state index contributed by atoms with van der Waals surface area (Å²) in [5.74, 6) is -3.78. The summed E-state index contributed by atoms with van der Waals surface area (Å²) < 4.78 is 30.4. The molecule has 1 saturated heterocycles. The van der Waals surface area contributed by atoms with Crippen LogP contribution in [0.3, 0.4) is 0 Å². The average molecular weight is 220 g/mol. The number of hydrogen-bond acceptors (Lipinski definition) is 2. The Kier molecular flexibility index (Phi) is 2.45. The van der Waals surface area contributed by atoms with Gasteiger partial charge in [0.25, 0.3) is 0 Å². The van der Waals surface area contributed by atoms with Gasteiger partial charge in [-0.1, -0.05) is 0 Å². The molecule has 0 bridgehead atoms. The molecule has 1 heterocycles. The minimum atomic E-state index is -2.58. The number of ether oxygens (including phenoxy) is 1. The number of aliphatic carboxylic acids is 1. The Labute approximate surface area is 86.4 Å². The minimum absolute atomic E-state index is 0.189. The zero-order chi connectivity index (χ0) is 11.1. The number of rotatable bonds is 3. The first-order valence-electron chi connectivity index (χ1n) is 5.19. The van der Waals surface area contributed by atoms with Gasteiger partial charge >= 0.3 is 5.97 Å². The van der Waals surface area contributed by atoms with Crippen molar-refractivity contribution in [3.05, 3.63) is 0 Å². The van der Waals surface area contributed by atoms with Crippen LogP contribution in [0.15, 0.2) is 0 Å². The number of carboxylic acids is 1. The number of alkyl halides is 2. The molecule has 0 spiro atoms. The summed E-state index contributed by atoms with van der Waals surface area (Å²) in [5.41, 5.74) is -1.18. The maximum absolute atomic E-state index is 12.6. The van der Waals surface area contributed by atoms with Crippen molar-refractivity contribution in [3.8, 4) is 0 Å². The third-order valence-corrected chi connectivity index (χ3v) is 3.29. The first-order chi connectivity index (χ1) is 6.94. The van der Waals surface area contributed by atoms with E-state index < -0.39 is 17.5 Å². The summed E-state index contributed by atoms with van der Waals surface area (Å²) in [6, 6.07) is 0. The van der Waals surface area contributed by atoms with E-state index in [0.717, 1.165) is 0 Å². The van der Waals surface area contributed by atoms with E-state index in [1.165, 1.54) is 0 Å². The van der Waals surface area contributed by atoms with Gasteiger partial charge in [0.05, 0.1) is 0 Å². The van der Waals surface area contributed by atoms with Gasteiger partial charge < -0.3 is 9.84 Å². The van der Waals surface area contributed by atoms with Crippen LogP contribution in [0.1, 0.15) is 32.1 Å². The van der Waals surface area contributed by atoms with Crippen molar-refractivity contribution < 1.29 is 23.4 Å². The van der Waals surface area contributed by atoms with Crippen LogP contribution in [0.2, 0.25) is 0 Å². The van der Waals surface area contributed by atoms with Crippen LogP contribution < -0.4 is 0 Å². The van der Waals surface area contributed by atoms with Gasteiger partial charge in [0.1, 0.15) is 0 Å². The summed E-state index contributed by atoms with van der Waals surface area (Å²) in [6.07, 6.45) is 1.01.